The summed E-state index contributed by atoms with van der Waals surface area (Å²) in [5.74, 6) is 2.17. The maximum atomic E-state index is 12.5. The average molecular weight is 399 g/mol. The zero-order valence-electron chi connectivity index (χ0n) is 16.1. The number of fused-ring (bicyclic) bond motifs is 1. The fraction of sp³-hybridized carbons (Fsp3) is 0.571. The summed E-state index contributed by atoms with van der Waals surface area (Å²) in [4.78, 5) is 29.3. The number of benzene rings is 1. The summed E-state index contributed by atoms with van der Waals surface area (Å²) in [7, 11) is 1.94. The van der Waals surface area contributed by atoms with Crippen LogP contribution in [0.2, 0.25) is 0 Å². The minimum atomic E-state index is -0.336. The van der Waals surface area contributed by atoms with Crippen LogP contribution in [-0.2, 0) is 11.8 Å². The summed E-state index contributed by atoms with van der Waals surface area (Å²) in [5, 5.41) is 6.49. The number of urea groups is 1. The number of nitrogens with one attached hydrogen (secondary N) is 2. The normalized spacial score (nSPS) is 30.5. The van der Waals surface area contributed by atoms with E-state index >= 15 is 0 Å². The van der Waals surface area contributed by atoms with Crippen LogP contribution in [0.3, 0.4) is 0 Å². The van der Waals surface area contributed by atoms with Crippen molar-refractivity contribution >= 4 is 34.7 Å². The van der Waals surface area contributed by atoms with Gasteiger partial charge in [0, 0.05) is 12.6 Å². The van der Waals surface area contributed by atoms with Gasteiger partial charge in [0.25, 0.3) is 0 Å². The van der Waals surface area contributed by atoms with Crippen molar-refractivity contribution in [3.63, 3.8) is 0 Å². The quantitative estimate of drug-likeness (QED) is 0.774. The number of hydrogen-bond acceptors (Lipinski definition) is 4. The molecule has 1 heterocycles. The molecule has 28 heavy (non-hydrogen) atoms. The number of para-hydroxylation sites is 2. The highest BCUT2D eigenvalue weighted by Gasteiger charge is 2.51. The molecule has 4 aliphatic carbocycles. The number of aryl methyl sites for hydroxylation is 1. The summed E-state index contributed by atoms with van der Waals surface area (Å²) in [6.45, 7) is 0. The molecule has 1 aromatic heterocycles. The lowest BCUT2D eigenvalue weighted by molar-refractivity contribution is -0.117. The third kappa shape index (κ3) is 3.30. The predicted molar refractivity (Wildman–Crippen MR) is 109 cm³/mol. The number of carbonyl (C=O) groups excluding carboxylic acids is 2. The second-order valence-corrected chi connectivity index (χ2v) is 9.87. The van der Waals surface area contributed by atoms with E-state index in [4.69, 9.17) is 0 Å². The molecule has 0 spiro atoms. The van der Waals surface area contributed by atoms with Gasteiger partial charge in [-0.15, -0.1) is 0 Å². The maximum Gasteiger partial charge on any atom is 0.321 e. The Hall–Kier alpha value is -2.02. The Kier molecular flexibility index (Phi) is 4.38. The highest BCUT2D eigenvalue weighted by Crippen LogP contribution is 2.55. The molecule has 0 aliphatic heterocycles. The van der Waals surface area contributed by atoms with E-state index in [1.807, 2.05) is 35.9 Å². The van der Waals surface area contributed by atoms with E-state index in [1.54, 1.807) is 0 Å². The van der Waals surface area contributed by atoms with Gasteiger partial charge in [-0.25, -0.2) is 9.78 Å². The fourth-order valence-corrected chi connectivity index (χ4v) is 6.87. The van der Waals surface area contributed by atoms with E-state index in [0.29, 0.717) is 0 Å². The Morgan fingerprint density at radius 3 is 2.43 bits per heavy atom. The van der Waals surface area contributed by atoms with Gasteiger partial charge in [-0.2, -0.15) is 0 Å². The van der Waals surface area contributed by atoms with Crippen molar-refractivity contribution in [2.45, 2.75) is 49.2 Å². The van der Waals surface area contributed by atoms with E-state index in [1.165, 1.54) is 31.0 Å². The number of imide groups is 1. The molecule has 3 amide bonds. The second kappa shape index (κ2) is 6.79. The first kappa shape index (κ1) is 18.0. The van der Waals surface area contributed by atoms with E-state index < -0.39 is 0 Å². The van der Waals surface area contributed by atoms with Gasteiger partial charge in [0.05, 0.1) is 16.8 Å². The lowest BCUT2D eigenvalue weighted by atomic mass is 9.53. The lowest BCUT2D eigenvalue weighted by Gasteiger charge is -2.56. The molecule has 0 radical (unpaired) electrons. The molecule has 4 saturated carbocycles. The zero-order chi connectivity index (χ0) is 19.3. The fourth-order valence-electron chi connectivity index (χ4n) is 6.08. The Morgan fingerprint density at radius 2 is 1.79 bits per heavy atom. The standard InChI is InChI=1S/C21H26N4O2S/c1-25-17-5-3-2-4-16(17)22-20(25)28-12-18(26)23-19(27)24-21-9-13-6-14(10-21)8-15(7-13)11-21/h2-5,13-15H,6-12H2,1H3,(H2,23,24,26,27). The monoisotopic (exact) mass is 398 g/mol. The van der Waals surface area contributed by atoms with Crippen LogP contribution in [-0.4, -0.2) is 32.8 Å². The van der Waals surface area contributed by atoms with E-state index in [2.05, 4.69) is 15.6 Å². The number of aromatic nitrogens is 2. The third-order valence-electron chi connectivity index (χ3n) is 6.75. The minimum Gasteiger partial charge on any atom is -0.332 e. The highest BCUT2D eigenvalue weighted by atomic mass is 32.2. The third-order valence-corrected chi connectivity index (χ3v) is 7.78. The van der Waals surface area contributed by atoms with Gasteiger partial charge in [-0.3, -0.25) is 10.1 Å². The van der Waals surface area contributed by atoms with Crippen LogP contribution in [0.25, 0.3) is 11.0 Å². The topological polar surface area (TPSA) is 76.0 Å². The molecular weight excluding hydrogens is 372 g/mol. The van der Waals surface area contributed by atoms with E-state index in [0.717, 1.165) is 53.2 Å². The molecule has 148 valence electrons. The summed E-state index contributed by atoms with van der Waals surface area (Å²) in [5.41, 5.74) is 1.86. The number of imidazole rings is 1. The number of nitrogens with zero attached hydrogens (tertiary/aromatic N) is 2. The van der Waals surface area contributed by atoms with Crippen LogP contribution in [0.4, 0.5) is 4.79 Å². The van der Waals surface area contributed by atoms with Gasteiger partial charge in [0.2, 0.25) is 5.91 Å². The van der Waals surface area contributed by atoms with Crippen molar-refractivity contribution < 1.29 is 9.59 Å². The van der Waals surface area contributed by atoms with Crippen molar-refractivity contribution in [1.29, 1.82) is 0 Å². The van der Waals surface area contributed by atoms with Crippen LogP contribution < -0.4 is 10.6 Å². The predicted octanol–water partition coefficient (Wildman–Crippen LogP) is 3.46. The van der Waals surface area contributed by atoms with Crippen molar-refractivity contribution in [3.05, 3.63) is 24.3 Å². The van der Waals surface area contributed by atoms with Crippen LogP contribution in [0, 0.1) is 17.8 Å². The lowest BCUT2D eigenvalue weighted by Crippen LogP contribution is -2.61. The van der Waals surface area contributed by atoms with Gasteiger partial charge in [-0.05, 0) is 68.4 Å². The van der Waals surface area contributed by atoms with Crippen molar-refractivity contribution in [3.8, 4) is 0 Å². The van der Waals surface area contributed by atoms with E-state index in [9.17, 15) is 9.59 Å². The molecule has 7 heteroatoms. The van der Waals surface area contributed by atoms with Gasteiger partial charge >= 0.3 is 6.03 Å². The molecule has 4 bridgehead atoms. The zero-order valence-corrected chi connectivity index (χ0v) is 16.9. The SMILES string of the molecule is Cn1c(SCC(=O)NC(=O)NC23CC4CC(CC(C4)C2)C3)nc2ccccc21. The number of rotatable bonds is 4. The Labute approximate surface area is 168 Å². The number of carbonyl (C=O) groups is 2. The Balaban J connectivity index is 1.17. The van der Waals surface area contributed by atoms with Crippen molar-refractivity contribution in [1.82, 2.24) is 20.2 Å². The molecular formula is C21H26N4O2S. The molecule has 0 saturated heterocycles. The minimum absolute atomic E-state index is 0.0797. The van der Waals surface area contributed by atoms with Crippen molar-refractivity contribution in [2.75, 3.05) is 5.75 Å². The molecule has 6 nitrogen and oxygen atoms in total. The summed E-state index contributed by atoms with van der Waals surface area (Å²) >= 11 is 1.35. The maximum absolute atomic E-state index is 12.5. The molecule has 0 unspecified atom stereocenters. The summed E-state index contributed by atoms with van der Waals surface area (Å²) in [6, 6.07) is 7.55. The molecule has 2 aromatic rings. The van der Waals surface area contributed by atoms with Crippen LogP contribution in [0.5, 0.6) is 0 Å². The number of amides is 3. The molecule has 0 atom stereocenters. The van der Waals surface area contributed by atoms with Gasteiger partial charge < -0.3 is 9.88 Å². The molecule has 2 N–H and O–H groups in total. The van der Waals surface area contributed by atoms with Gasteiger partial charge in [-0.1, -0.05) is 23.9 Å². The molecule has 1 aromatic carbocycles. The first-order chi connectivity index (χ1) is 13.5. The average Bonchev–Trinajstić information content (AvgIpc) is 2.94. The smallest absolute Gasteiger partial charge is 0.321 e. The largest absolute Gasteiger partial charge is 0.332 e. The number of thioether (sulfide) groups is 1. The number of hydrogen-bond donors (Lipinski definition) is 2. The molecule has 6 rings (SSSR count). The summed E-state index contributed by atoms with van der Waals surface area (Å²) < 4.78 is 1.97. The Morgan fingerprint density at radius 1 is 1.14 bits per heavy atom. The van der Waals surface area contributed by atoms with Crippen LogP contribution in [0.15, 0.2) is 29.4 Å². The molecule has 4 aliphatic rings. The van der Waals surface area contributed by atoms with Crippen molar-refractivity contribution in [2.24, 2.45) is 24.8 Å². The van der Waals surface area contributed by atoms with Crippen LogP contribution >= 0.6 is 11.8 Å². The highest BCUT2D eigenvalue weighted by molar-refractivity contribution is 7.99. The second-order valence-electron chi connectivity index (χ2n) is 8.93. The van der Waals surface area contributed by atoms with Crippen LogP contribution in [0.1, 0.15) is 38.5 Å². The van der Waals surface area contributed by atoms with Gasteiger partial charge in [0.15, 0.2) is 5.16 Å². The first-order valence-electron chi connectivity index (χ1n) is 10.2. The first-order valence-corrected chi connectivity index (χ1v) is 11.1. The summed E-state index contributed by atoms with van der Waals surface area (Å²) in [6.07, 6.45) is 7.22. The molecule has 4 fully saturated rings. The van der Waals surface area contributed by atoms with Gasteiger partial charge in [0.1, 0.15) is 0 Å². The Bertz CT molecular complexity index is 902. The van der Waals surface area contributed by atoms with E-state index in [-0.39, 0.29) is 23.2 Å².